The third kappa shape index (κ3) is 1.21. The van der Waals surface area contributed by atoms with E-state index in [1.165, 1.54) is 0 Å². The Morgan fingerprint density at radius 3 is 2.88 bits per heavy atom. The van der Waals surface area contributed by atoms with E-state index < -0.39 is 0 Å². The summed E-state index contributed by atoms with van der Waals surface area (Å²) >= 11 is 0. The normalized spacial score (nSPS) is 15.6. The van der Waals surface area contributed by atoms with Crippen LogP contribution in [0.25, 0.3) is 10.9 Å². The molecule has 5 nitrogen and oxygen atoms in total. The molecule has 0 atom stereocenters. The number of fused-ring (bicyclic) bond motifs is 1. The van der Waals surface area contributed by atoms with Crippen LogP contribution >= 0.6 is 0 Å². The first-order valence-electron chi connectivity index (χ1n) is 5.27. The molecule has 0 spiro atoms. The van der Waals surface area contributed by atoms with E-state index in [0.717, 1.165) is 23.8 Å². The van der Waals surface area contributed by atoms with E-state index in [9.17, 15) is 10.1 Å². The topological polar surface area (TPSA) is 61.0 Å². The molecule has 0 N–H and O–H groups in total. The van der Waals surface area contributed by atoms with Gasteiger partial charge in [-0.3, -0.25) is 14.8 Å². The number of aryl methyl sites for hydroxylation is 1. The molecule has 1 aromatic carbocycles. The number of nitro groups is 1. The molecule has 0 aliphatic heterocycles. The van der Waals surface area contributed by atoms with Gasteiger partial charge in [0.2, 0.25) is 0 Å². The Bertz CT molecular complexity index is 584. The van der Waals surface area contributed by atoms with Gasteiger partial charge in [-0.25, -0.2) is 0 Å². The summed E-state index contributed by atoms with van der Waals surface area (Å²) in [4.78, 5) is 10.9. The highest BCUT2D eigenvalue weighted by Crippen LogP contribution is 2.46. The Labute approximate surface area is 91.8 Å². The molecule has 1 saturated carbocycles. The summed E-state index contributed by atoms with van der Waals surface area (Å²) < 4.78 is 1.58. The summed E-state index contributed by atoms with van der Waals surface area (Å²) in [6, 6.07) is 3.79. The molecule has 1 fully saturated rings. The first-order chi connectivity index (χ1) is 7.68. The van der Waals surface area contributed by atoms with Crippen molar-refractivity contribution in [1.82, 2.24) is 9.78 Å². The van der Waals surface area contributed by atoms with E-state index in [4.69, 9.17) is 0 Å². The predicted octanol–water partition coefficient (Wildman–Crippen LogP) is 2.36. The zero-order chi connectivity index (χ0) is 11.3. The first-order valence-corrected chi connectivity index (χ1v) is 5.27. The molecule has 1 aromatic heterocycles. The standard InChI is InChI=1S/C11H11N3O2/c1-13-10-8(6-12-13)4-5-9(7-2-3-7)11(10)14(15)16/h4-7H,2-3H2,1H3. The largest absolute Gasteiger partial charge is 0.298 e. The van der Waals surface area contributed by atoms with Crippen LogP contribution in [-0.4, -0.2) is 14.7 Å². The number of hydrogen-bond acceptors (Lipinski definition) is 3. The maximum Gasteiger partial charge on any atom is 0.298 e. The highest BCUT2D eigenvalue weighted by molar-refractivity contribution is 5.89. The minimum absolute atomic E-state index is 0.236. The van der Waals surface area contributed by atoms with Crippen molar-refractivity contribution in [2.24, 2.45) is 7.05 Å². The van der Waals surface area contributed by atoms with Crippen LogP contribution in [0.15, 0.2) is 18.3 Å². The van der Waals surface area contributed by atoms with Gasteiger partial charge < -0.3 is 0 Å². The predicted molar refractivity (Wildman–Crippen MR) is 59.3 cm³/mol. The van der Waals surface area contributed by atoms with Crippen molar-refractivity contribution < 1.29 is 4.92 Å². The summed E-state index contributed by atoms with van der Waals surface area (Å²) in [5.74, 6) is 0.375. The number of nitrogens with zero attached hydrogens (tertiary/aromatic N) is 3. The Kier molecular flexibility index (Phi) is 1.77. The first kappa shape index (κ1) is 9.33. The molecule has 0 saturated heterocycles. The van der Waals surface area contributed by atoms with E-state index in [1.807, 2.05) is 12.1 Å². The molecule has 1 heterocycles. The maximum absolute atomic E-state index is 11.2. The summed E-state index contributed by atoms with van der Waals surface area (Å²) in [6.45, 7) is 0. The van der Waals surface area contributed by atoms with Gasteiger partial charge in [0.15, 0.2) is 0 Å². The summed E-state index contributed by atoms with van der Waals surface area (Å²) in [5, 5.41) is 16.1. The minimum Gasteiger partial charge on any atom is -0.261 e. The van der Waals surface area contributed by atoms with E-state index in [2.05, 4.69) is 5.10 Å². The molecule has 16 heavy (non-hydrogen) atoms. The van der Waals surface area contributed by atoms with Crippen LogP contribution in [0.5, 0.6) is 0 Å². The Morgan fingerprint density at radius 2 is 2.25 bits per heavy atom. The van der Waals surface area contributed by atoms with E-state index in [-0.39, 0.29) is 10.6 Å². The van der Waals surface area contributed by atoms with Gasteiger partial charge in [0, 0.05) is 18.0 Å². The van der Waals surface area contributed by atoms with Gasteiger partial charge >= 0.3 is 0 Å². The number of hydrogen-bond donors (Lipinski definition) is 0. The second-order valence-corrected chi connectivity index (χ2v) is 4.24. The average molecular weight is 217 g/mol. The van der Waals surface area contributed by atoms with Gasteiger partial charge in [-0.15, -0.1) is 0 Å². The van der Waals surface area contributed by atoms with Crippen molar-refractivity contribution >= 4 is 16.6 Å². The van der Waals surface area contributed by atoms with Crippen molar-refractivity contribution in [3.8, 4) is 0 Å². The van der Waals surface area contributed by atoms with E-state index >= 15 is 0 Å². The lowest BCUT2D eigenvalue weighted by atomic mass is 10.1. The van der Waals surface area contributed by atoms with Crippen LogP contribution in [0, 0.1) is 10.1 Å². The van der Waals surface area contributed by atoms with Gasteiger partial charge in [0.1, 0.15) is 5.52 Å². The third-order valence-electron chi connectivity index (χ3n) is 3.11. The average Bonchev–Trinajstić information content (AvgIpc) is 3.03. The third-order valence-corrected chi connectivity index (χ3v) is 3.11. The van der Waals surface area contributed by atoms with Gasteiger partial charge in [-0.2, -0.15) is 5.10 Å². The fourth-order valence-corrected chi connectivity index (χ4v) is 2.18. The molecule has 0 radical (unpaired) electrons. The fraction of sp³-hybridized carbons (Fsp3) is 0.364. The molecular weight excluding hydrogens is 206 g/mol. The van der Waals surface area contributed by atoms with Gasteiger partial charge in [-0.05, 0) is 18.8 Å². The summed E-state index contributed by atoms with van der Waals surface area (Å²) in [6.07, 6.45) is 3.79. The van der Waals surface area contributed by atoms with Crippen molar-refractivity contribution in [1.29, 1.82) is 0 Å². The SMILES string of the molecule is Cn1ncc2ccc(C3CC3)c([N+](=O)[O-])c21. The van der Waals surface area contributed by atoms with Gasteiger partial charge in [0.05, 0.1) is 11.1 Å². The second kappa shape index (κ2) is 3.04. The smallest absolute Gasteiger partial charge is 0.261 e. The van der Waals surface area contributed by atoms with Crippen molar-refractivity contribution in [3.05, 3.63) is 34.0 Å². The number of rotatable bonds is 2. The van der Waals surface area contributed by atoms with Crippen LogP contribution in [-0.2, 0) is 7.05 Å². The van der Waals surface area contributed by atoms with E-state index in [1.54, 1.807) is 17.9 Å². The van der Waals surface area contributed by atoms with Gasteiger partial charge in [0.25, 0.3) is 5.69 Å². The van der Waals surface area contributed by atoms with Crippen LogP contribution in [0.2, 0.25) is 0 Å². The molecule has 0 amide bonds. The molecular formula is C11H11N3O2. The Balaban J connectivity index is 2.38. The van der Waals surface area contributed by atoms with Crippen molar-refractivity contribution in [2.75, 3.05) is 0 Å². The lowest BCUT2D eigenvalue weighted by Crippen LogP contribution is -1.99. The number of nitro benzene ring substituents is 1. The lowest BCUT2D eigenvalue weighted by Gasteiger charge is -2.03. The fourth-order valence-electron chi connectivity index (χ4n) is 2.18. The van der Waals surface area contributed by atoms with Crippen molar-refractivity contribution in [3.63, 3.8) is 0 Å². The molecule has 82 valence electrons. The molecule has 0 bridgehead atoms. The molecule has 5 heteroatoms. The monoisotopic (exact) mass is 217 g/mol. The van der Waals surface area contributed by atoms with Crippen LogP contribution in [0.1, 0.15) is 24.3 Å². The van der Waals surface area contributed by atoms with Crippen molar-refractivity contribution in [2.45, 2.75) is 18.8 Å². The van der Waals surface area contributed by atoms with Gasteiger partial charge in [-0.1, -0.05) is 12.1 Å². The highest BCUT2D eigenvalue weighted by atomic mass is 16.6. The molecule has 1 aliphatic carbocycles. The number of benzene rings is 1. The highest BCUT2D eigenvalue weighted by Gasteiger charge is 2.32. The van der Waals surface area contributed by atoms with Crippen LogP contribution in [0.4, 0.5) is 5.69 Å². The zero-order valence-corrected chi connectivity index (χ0v) is 8.88. The minimum atomic E-state index is -0.280. The van der Waals surface area contributed by atoms with E-state index in [0.29, 0.717) is 11.4 Å². The summed E-state index contributed by atoms with van der Waals surface area (Å²) in [5.41, 5.74) is 1.73. The molecule has 1 aliphatic rings. The molecule has 0 unspecified atom stereocenters. The van der Waals surface area contributed by atoms with Crippen LogP contribution < -0.4 is 0 Å². The molecule has 3 rings (SSSR count). The van der Waals surface area contributed by atoms with Crippen LogP contribution in [0.3, 0.4) is 0 Å². The summed E-state index contributed by atoms with van der Waals surface area (Å²) in [7, 11) is 1.74. The quantitative estimate of drug-likeness (QED) is 0.573. The lowest BCUT2D eigenvalue weighted by molar-refractivity contribution is -0.384. The zero-order valence-electron chi connectivity index (χ0n) is 8.88. The molecule has 2 aromatic rings. The Morgan fingerprint density at radius 1 is 1.50 bits per heavy atom. The maximum atomic E-state index is 11.2. The second-order valence-electron chi connectivity index (χ2n) is 4.24. The Hall–Kier alpha value is -1.91. The number of aromatic nitrogens is 2.